The number of nitrogens with one attached hydrogen (secondary N) is 1. The van der Waals surface area contributed by atoms with Gasteiger partial charge >= 0.3 is 6.03 Å². The van der Waals surface area contributed by atoms with Gasteiger partial charge in [-0.05, 0) is 48.9 Å². The average Bonchev–Trinajstić information content (AvgIpc) is 2.79. The van der Waals surface area contributed by atoms with Gasteiger partial charge in [0.15, 0.2) is 0 Å². The Kier molecular flexibility index (Phi) is 6.01. The number of nitro groups is 1. The molecular weight excluding hydrogens is 444 g/mol. The van der Waals surface area contributed by atoms with Crippen molar-refractivity contribution in [2.45, 2.75) is 16.8 Å². The molecule has 2 aromatic carbocycles. The van der Waals surface area contributed by atoms with Crippen LogP contribution in [0.15, 0.2) is 82.4 Å². The fraction of sp³-hybridized carbons (Fsp3) is 0.0435. The van der Waals surface area contributed by atoms with E-state index in [1.54, 1.807) is 54.7 Å². The number of aromatic nitrogens is 1. The van der Waals surface area contributed by atoms with E-state index in [9.17, 15) is 24.5 Å². The molecule has 33 heavy (non-hydrogen) atoms. The summed E-state index contributed by atoms with van der Waals surface area (Å²) in [5, 5.41) is 14.4. The molecule has 4 amide bonds. The average molecular weight is 460 g/mol. The van der Waals surface area contributed by atoms with Gasteiger partial charge in [-0.2, -0.15) is 0 Å². The van der Waals surface area contributed by atoms with Crippen molar-refractivity contribution in [3.05, 3.63) is 93.7 Å². The fourth-order valence-electron chi connectivity index (χ4n) is 3.13. The number of pyridine rings is 1. The number of nitrogens with zero attached hydrogens (tertiary/aromatic N) is 3. The molecule has 9 nitrogen and oxygen atoms in total. The number of hydrogen-bond donors (Lipinski definition) is 1. The summed E-state index contributed by atoms with van der Waals surface area (Å²) in [5.41, 5.74) is 0.995. The van der Waals surface area contributed by atoms with Crippen LogP contribution in [0.5, 0.6) is 0 Å². The predicted molar refractivity (Wildman–Crippen MR) is 122 cm³/mol. The van der Waals surface area contributed by atoms with Crippen molar-refractivity contribution < 1.29 is 19.3 Å². The minimum atomic E-state index is -0.872. The lowest BCUT2D eigenvalue weighted by molar-refractivity contribution is -0.387. The number of hydrogen-bond acceptors (Lipinski definition) is 7. The molecule has 10 heteroatoms. The van der Waals surface area contributed by atoms with Crippen LogP contribution in [0, 0.1) is 17.0 Å². The second-order valence-corrected chi connectivity index (χ2v) is 8.11. The summed E-state index contributed by atoms with van der Waals surface area (Å²) in [6, 6.07) is 15.4. The lowest BCUT2D eigenvalue weighted by atomic mass is 10.1. The quantitative estimate of drug-likeness (QED) is 0.263. The standard InChI is InChI=1S/C23H16N4O5S/c1-14-5-8-16(9-6-14)26-22(29)17(21(28)25-23(26)30)12-15-7-10-19(18(13-15)27(31)32)33-20-4-2-3-11-24-20/h2-13H,1H3,(H,25,28,30)/b17-12+. The number of carbonyl (C=O) groups is 3. The second-order valence-electron chi connectivity index (χ2n) is 7.05. The minimum absolute atomic E-state index is 0.199. The highest BCUT2D eigenvalue weighted by Crippen LogP contribution is 2.35. The third-order valence-corrected chi connectivity index (χ3v) is 5.75. The molecule has 1 aliphatic rings. The SMILES string of the molecule is Cc1ccc(N2C(=O)NC(=O)/C(=C\c3ccc(Sc4ccccn4)c([N+](=O)[O-])c3)C2=O)cc1. The first-order chi connectivity index (χ1) is 15.8. The number of carbonyl (C=O) groups excluding carboxylic acids is 3. The molecule has 0 radical (unpaired) electrons. The number of imide groups is 2. The van der Waals surface area contributed by atoms with E-state index in [0.717, 1.165) is 22.2 Å². The van der Waals surface area contributed by atoms with E-state index in [1.807, 2.05) is 6.92 Å². The summed E-state index contributed by atoms with van der Waals surface area (Å²) in [4.78, 5) is 54.2. The van der Waals surface area contributed by atoms with Crippen LogP contribution in [0.3, 0.4) is 0 Å². The van der Waals surface area contributed by atoms with Crippen molar-refractivity contribution in [3.63, 3.8) is 0 Å². The number of benzene rings is 2. The first kappa shape index (κ1) is 21.9. The molecule has 164 valence electrons. The molecule has 0 spiro atoms. The summed E-state index contributed by atoms with van der Waals surface area (Å²) >= 11 is 1.12. The summed E-state index contributed by atoms with van der Waals surface area (Å²) in [5.74, 6) is -1.69. The van der Waals surface area contributed by atoms with Gasteiger partial charge in [-0.15, -0.1) is 0 Å². The Hall–Kier alpha value is -4.31. The third kappa shape index (κ3) is 4.65. The van der Waals surface area contributed by atoms with E-state index >= 15 is 0 Å². The van der Waals surface area contributed by atoms with Gasteiger partial charge in [0.05, 0.1) is 15.5 Å². The smallest absolute Gasteiger partial charge is 0.273 e. The summed E-state index contributed by atoms with van der Waals surface area (Å²) < 4.78 is 0. The Bertz CT molecular complexity index is 1310. The molecule has 0 saturated carbocycles. The van der Waals surface area contributed by atoms with Crippen molar-refractivity contribution in [3.8, 4) is 0 Å². The van der Waals surface area contributed by atoms with Gasteiger partial charge in [-0.25, -0.2) is 14.7 Å². The largest absolute Gasteiger partial charge is 0.335 e. The highest BCUT2D eigenvalue weighted by Gasteiger charge is 2.36. The minimum Gasteiger partial charge on any atom is -0.273 e. The van der Waals surface area contributed by atoms with Crippen molar-refractivity contribution >= 4 is 47.1 Å². The Balaban J connectivity index is 1.69. The fourth-order valence-corrected chi connectivity index (χ4v) is 3.99. The molecule has 3 aromatic rings. The molecule has 1 aromatic heterocycles. The maximum Gasteiger partial charge on any atom is 0.335 e. The highest BCUT2D eigenvalue weighted by molar-refractivity contribution is 7.99. The molecule has 1 N–H and O–H groups in total. The van der Waals surface area contributed by atoms with E-state index in [4.69, 9.17) is 0 Å². The molecule has 0 bridgehead atoms. The molecular formula is C23H16N4O5S. The van der Waals surface area contributed by atoms with Gasteiger partial charge in [0.25, 0.3) is 17.5 Å². The van der Waals surface area contributed by atoms with Crippen LogP contribution >= 0.6 is 11.8 Å². The predicted octanol–water partition coefficient (Wildman–Crippen LogP) is 4.12. The third-order valence-electron chi connectivity index (χ3n) is 4.74. The Morgan fingerprint density at radius 2 is 1.82 bits per heavy atom. The van der Waals surface area contributed by atoms with E-state index in [-0.39, 0.29) is 16.8 Å². The van der Waals surface area contributed by atoms with Crippen LogP contribution in [0.2, 0.25) is 0 Å². The molecule has 1 aliphatic heterocycles. The van der Waals surface area contributed by atoms with E-state index in [1.165, 1.54) is 18.2 Å². The van der Waals surface area contributed by atoms with Gasteiger partial charge in [0, 0.05) is 12.3 Å². The zero-order chi connectivity index (χ0) is 23.5. The molecule has 0 atom stereocenters. The maximum absolute atomic E-state index is 13.0. The number of anilines is 1. The first-order valence-electron chi connectivity index (χ1n) is 9.69. The molecule has 1 saturated heterocycles. The lowest BCUT2D eigenvalue weighted by Crippen LogP contribution is -2.54. The maximum atomic E-state index is 13.0. The van der Waals surface area contributed by atoms with Gasteiger partial charge in [-0.3, -0.25) is 25.0 Å². The van der Waals surface area contributed by atoms with E-state index < -0.39 is 22.8 Å². The zero-order valence-electron chi connectivity index (χ0n) is 17.2. The molecule has 4 rings (SSSR count). The molecule has 1 fully saturated rings. The second kappa shape index (κ2) is 9.05. The van der Waals surface area contributed by atoms with Gasteiger partial charge in [0.1, 0.15) is 10.6 Å². The number of urea groups is 1. The number of rotatable bonds is 5. The Morgan fingerprint density at radius 3 is 2.48 bits per heavy atom. The van der Waals surface area contributed by atoms with Crippen molar-refractivity contribution in [1.29, 1.82) is 0 Å². The number of nitro benzene ring substituents is 1. The van der Waals surface area contributed by atoms with Gasteiger partial charge in [-0.1, -0.05) is 41.6 Å². The van der Waals surface area contributed by atoms with E-state index in [2.05, 4.69) is 10.3 Å². The topological polar surface area (TPSA) is 123 Å². The Morgan fingerprint density at radius 1 is 1.06 bits per heavy atom. The van der Waals surface area contributed by atoms with Crippen LogP contribution in [0.1, 0.15) is 11.1 Å². The van der Waals surface area contributed by atoms with Crippen molar-refractivity contribution in [2.75, 3.05) is 4.90 Å². The summed E-state index contributed by atoms with van der Waals surface area (Å²) in [6.07, 6.45) is 2.81. The number of amides is 4. The number of barbiturate groups is 1. The highest BCUT2D eigenvalue weighted by atomic mass is 32.2. The van der Waals surface area contributed by atoms with E-state index in [0.29, 0.717) is 15.6 Å². The molecule has 0 unspecified atom stereocenters. The normalized spacial score (nSPS) is 15.0. The number of aryl methyl sites for hydroxylation is 1. The van der Waals surface area contributed by atoms with Crippen LogP contribution in [0.4, 0.5) is 16.2 Å². The van der Waals surface area contributed by atoms with Crippen molar-refractivity contribution in [1.82, 2.24) is 10.3 Å². The van der Waals surface area contributed by atoms with Crippen LogP contribution in [-0.4, -0.2) is 27.8 Å². The van der Waals surface area contributed by atoms with Crippen LogP contribution in [-0.2, 0) is 9.59 Å². The lowest BCUT2D eigenvalue weighted by Gasteiger charge is -2.26. The summed E-state index contributed by atoms with van der Waals surface area (Å²) in [7, 11) is 0. The summed E-state index contributed by atoms with van der Waals surface area (Å²) in [6.45, 7) is 1.86. The van der Waals surface area contributed by atoms with Gasteiger partial charge < -0.3 is 0 Å². The van der Waals surface area contributed by atoms with Gasteiger partial charge in [0.2, 0.25) is 0 Å². The molecule has 0 aliphatic carbocycles. The van der Waals surface area contributed by atoms with Crippen LogP contribution in [0.25, 0.3) is 6.08 Å². The first-order valence-corrected chi connectivity index (χ1v) is 10.5. The Labute approximate surface area is 192 Å². The zero-order valence-corrected chi connectivity index (χ0v) is 18.0. The molecule has 2 heterocycles. The van der Waals surface area contributed by atoms with Crippen molar-refractivity contribution in [2.24, 2.45) is 0 Å². The monoisotopic (exact) mass is 460 g/mol. The van der Waals surface area contributed by atoms with Crippen LogP contribution < -0.4 is 10.2 Å².